The average Bonchev–Trinajstić information content (AvgIpc) is 2.43. The lowest BCUT2D eigenvalue weighted by Gasteiger charge is -2.10. The van der Waals surface area contributed by atoms with Crippen LogP contribution in [0.1, 0.15) is 21.5 Å². The number of anilines is 2. The van der Waals surface area contributed by atoms with Crippen LogP contribution < -0.4 is 11.1 Å². The molecule has 0 unspecified atom stereocenters. The van der Waals surface area contributed by atoms with Gasteiger partial charge in [0.1, 0.15) is 11.9 Å². The minimum Gasteiger partial charge on any atom is -0.398 e. The Labute approximate surface area is 115 Å². The van der Waals surface area contributed by atoms with Gasteiger partial charge in [0, 0.05) is 5.69 Å². The molecule has 0 aliphatic rings. The van der Waals surface area contributed by atoms with E-state index in [2.05, 4.69) is 5.32 Å². The molecule has 5 heteroatoms. The average molecular weight is 269 g/mol. The molecule has 100 valence electrons. The van der Waals surface area contributed by atoms with Gasteiger partial charge in [0.05, 0.1) is 16.8 Å². The molecule has 4 nitrogen and oxygen atoms in total. The van der Waals surface area contributed by atoms with E-state index in [1.54, 1.807) is 25.1 Å². The molecule has 2 rings (SSSR count). The molecule has 0 atom stereocenters. The van der Waals surface area contributed by atoms with Gasteiger partial charge in [-0.05, 0) is 36.8 Å². The first-order valence-corrected chi connectivity index (χ1v) is 5.89. The van der Waals surface area contributed by atoms with Crippen molar-refractivity contribution in [3.05, 3.63) is 58.9 Å². The van der Waals surface area contributed by atoms with Gasteiger partial charge in [-0.15, -0.1) is 0 Å². The van der Waals surface area contributed by atoms with E-state index in [-0.39, 0.29) is 11.3 Å². The molecule has 0 heterocycles. The summed E-state index contributed by atoms with van der Waals surface area (Å²) in [4.78, 5) is 12.1. The first-order chi connectivity index (χ1) is 9.52. The summed E-state index contributed by atoms with van der Waals surface area (Å²) in [6.45, 7) is 1.80. The van der Waals surface area contributed by atoms with E-state index < -0.39 is 11.7 Å². The van der Waals surface area contributed by atoms with E-state index in [9.17, 15) is 9.18 Å². The number of hydrogen-bond donors (Lipinski definition) is 2. The number of aryl methyl sites for hydroxylation is 1. The number of nitrogens with zero attached hydrogens (tertiary/aromatic N) is 1. The molecule has 0 saturated heterocycles. The molecule has 0 radical (unpaired) electrons. The molecular weight excluding hydrogens is 257 g/mol. The Morgan fingerprint density at radius 3 is 2.80 bits per heavy atom. The SMILES string of the molecule is Cc1cccc(C(=O)Nc2ccc(F)cc2C#N)c1N. The topological polar surface area (TPSA) is 78.9 Å². The number of amides is 1. The lowest BCUT2D eigenvalue weighted by molar-refractivity contribution is 0.102. The molecule has 0 aliphatic carbocycles. The van der Waals surface area contributed by atoms with E-state index in [1.165, 1.54) is 12.1 Å². The Balaban J connectivity index is 2.33. The number of hydrogen-bond acceptors (Lipinski definition) is 3. The highest BCUT2D eigenvalue weighted by Crippen LogP contribution is 2.20. The predicted octanol–water partition coefficient (Wildman–Crippen LogP) is 2.84. The van der Waals surface area contributed by atoms with Crippen molar-refractivity contribution >= 4 is 17.3 Å². The monoisotopic (exact) mass is 269 g/mol. The first-order valence-electron chi connectivity index (χ1n) is 5.89. The number of nitrogen functional groups attached to an aromatic ring is 1. The molecule has 0 aliphatic heterocycles. The largest absolute Gasteiger partial charge is 0.398 e. The van der Waals surface area contributed by atoms with Crippen LogP contribution in [0, 0.1) is 24.1 Å². The fraction of sp³-hybridized carbons (Fsp3) is 0.0667. The summed E-state index contributed by atoms with van der Waals surface area (Å²) in [5.74, 6) is -0.969. The normalized spacial score (nSPS) is 9.85. The maximum Gasteiger partial charge on any atom is 0.257 e. The number of benzene rings is 2. The standard InChI is InChI=1S/C15H12FN3O/c1-9-3-2-4-12(14(9)18)15(20)19-13-6-5-11(16)7-10(13)8-17/h2-7H,18H2,1H3,(H,19,20). The van der Waals surface area contributed by atoms with Crippen molar-refractivity contribution in [3.63, 3.8) is 0 Å². The van der Waals surface area contributed by atoms with Crippen LogP contribution in [0.15, 0.2) is 36.4 Å². The number of carbonyl (C=O) groups excluding carboxylic acids is 1. The van der Waals surface area contributed by atoms with E-state index in [0.717, 1.165) is 11.6 Å². The summed E-state index contributed by atoms with van der Waals surface area (Å²) < 4.78 is 13.0. The second-order valence-electron chi connectivity index (χ2n) is 4.29. The number of nitrogens with two attached hydrogens (primary N) is 1. The Morgan fingerprint density at radius 1 is 1.35 bits per heavy atom. The smallest absolute Gasteiger partial charge is 0.257 e. The lowest BCUT2D eigenvalue weighted by atomic mass is 10.1. The third kappa shape index (κ3) is 2.59. The Hall–Kier alpha value is -2.87. The first kappa shape index (κ1) is 13.6. The van der Waals surface area contributed by atoms with Gasteiger partial charge in [0.15, 0.2) is 0 Å². The van der Waals surface area contributed by atoms with Crippen LogP contribution in [0.3, 0.4) is 0 Å². The van der Waals surface area contributed by atoms with Crippen LogP contribution in [0.5, 0.6) is 0 Å². The van der Waals surface area contributed by atoms with Crippen LogP contribution in [0.25, 0.3) is 0 Å². The van der Waals surface area contributed by atoms with Crippen LogP contribution in [-0.2, 0) is 0 Å². The van der Waals surface area contributed by atoms with E-state index >= 15 is 0 Å². The van der Waals surface area contributed by atoms with Gasteiger partial charge in [0.2, 0.25) is 0 Å². The summed E-state index contributed by atoms with van der Waals surface area (Å²) >= 11 is 0. The second kappa shape index (κ2) is 5.41. The quantitative estimate of drug-likeness (QED) is 0.823. The van der Waals surface area contributed by atoms with Crippen molar-refractivity contribution in [3.8, 4) is 6.07 Å². The van der Waals surface area contributed by atoms with Crippen molar-refractivity contribution in [2.45, 2.75) is 6.92 Å². The molecule has 0 bridgehead atoms. The van der Waals surface area contributed by atoms with Crippen LogP contribution in [0.4, 0.5) is 15.8 Å². The Morgan fingerprint density at radius 2 is 2.10 bits per heavy atom. The molecular formula is C15H12FN3O. The lowest BCUT2D eigenvalue weighted by Crippen LogP contribution is -2.15. The number of nitrogens with one attached hydrogen (secondary N) is 1. The van der Waals surface area contributed by atoms with Gasteiger partial charge in [-0.3, -0.25) is 4.79 Å². The molecule has 0 fully saturated rings. The summed E-state index contributed by atoms with van der Waals surface area (Å²) in [5.41, 5.74) is 7.64. The van der Waals surface area contributed by atoms with E-state index in [4.69, 9.17) is 11.0 Å². The van der Waals surface area contributed by atoms with Crippen LogP contribution in [0.2, 0.25) is 0 Å². The van der Waals surface area contributed by atoms with Crippen molar-refractivity contribution in [1.82, 2.24) is 0 Å². The van der Waals surface area contributed by atoms with Gasteiger partial charge in [0.25, 0.3) is 5.91 Å². The summed E-state index contributed by atoms with van der Waals surface area (Å²) in [7, 11) is 0. The molecule has 2 aromatic carbocycles. The minimum absolute atomic E-state index is 0.0598. The van der Waals surface area contributed by atoms with Gasteiger partial charge in [-0.2, -0.15) is 5.26 Å². The number of rotatable bonds is 2. The molecule has 20 heavy (non-hydrogen) atoms. The highest BCUT2D eigenvalue weighted by molar-refractivity contribution is 6.08. The third-order valence-electron chi connectivity index (χ3n) is 2.92. The maximum atomic E-state index is 13.0. The molecule has 0 spiro atoms. The number of halogens is 1. The Bertz CT molecular complexity index is 720. The number of nitriles is 1. The number of carbonyl (C=O) groups is 1. The van der Waals surface area contributed by atoms with Crippen molar-refractivity contribution in [2.75, 3.05) is 11.1 Å². The molecule has 2 aromatic rings. The third-order valence-corrected chi connectivity index (χ3v) is 2.92. The van der Waals surface area contributed by atoms with Crippen molar-refractivity contribution in [2.24, 2.45) is 0 Å². The molecule has 0 aromatic heterocycles. The van der Waals surface area contributed by atoms with Gasteiger partial charge in [-0.25, -0.2) is 4.39 Å². The fourth-order valence-corrected chi connectivity index (χ4v) is 1.79. The minimum atomic E-state index is -0.533. The van der Waals surface area contributed by atoms with Crippen molar-refractivity contribution in [1.29, 1.82) is 5.26 Å². The molecule has 3 N–H and O–H groups in total. The van der Waals surface area contributed by atoms with Gasteiger partial charge < -0.3 is 11.1 Å². The zero-order valence-electron chi connectivity index (χ0n) is 10.8. The molecule has 1 amide bonds. The fourth-order valence-electron chi connectivity index (χ4n) is 1.79. The van der Waals surface area contributed by atoms with Gasteiger partial charge in [-0.1, -0.05) is 12.1 Å². The highest BCUT2D eigenvalue weighted by Gasteiger charge is 2.13. The second-order valence-corrected chi connectivity index (χ2v) is 4.29. The summed E-state index contributed by atoms with van der Waals surface area (Å²) in [6.07, 6.45) is 0. The van der Waals surface area contributed by atoms with Crippen molar-refractivity contribution < 1.29 is 9.18 Å². The number of para-hydroxylation sites is 1. The highest BCUT2D eigenvalue weighted by atomic mass is 19.1. The summed E-state index contributed by atoms with van der Waals surface area (Å²) in [6, 6.07) is 10.5. The zero-order valence-corrected chi connectivity index (χ0v) is 10.8. The van der Waals surface area contributed by atoms with E-state index in [0.29, 0.717) is 11.3 Å². The van der Waals surface area contributed by atoms with Gasteiger partial charge >= 0.3 is 0 Å². The van der Waals surface area contributed by atoms with E-state index in [1.807, 2.05) is 6.07 Å². The van der Waals surface area contributed by atoms with Crippen LogP contribution in [-0.4, -0.2) is 5.91 Å². The zero-order chi connectivity index (χ0) is 14.7. The molecule has 0 saturated carbocycles. The maximum absolute atomic E-state index is 13.0. The predicted molar refractivity (Wildman–Crippen MR) is 74.7 cm³/mol. The summed E-state index contributed by atoms with van der Waals surface area (Å²) in [5, 5.41) is 11.5. The van der Waals surface area contributed by atoms with Crippen LogP contribution >= 0.6 is 0 Å². The Kier molecular flexibility index (Phi) is 3.67.